The molecule has 0 aliphatic heterocycles. The van der Waals surface area contributed by atoms with Crippen molar-refractivity contribution >= 4 is 5.91 Å². The van der Waals surface area contributed by atoms with Gasteiger partial charge in [-0.15, -0.1) is 0 Å². The predicted molar refractivity (Wildman–Crippen MR) is 111 cm³/mol. The molecule has 0 radical (unpaired) electrons. The molecule has 0 aromatic carbocycles. The summed E-state index contributed by atoms with van der Waals surface area (Å²) in [4.78, 5) is 11.4. The number of carbonyl (C=O) groups excluding carboxylic acids is 1. The third-order valence-corrected chi connectivity index (χ3v) is 4.97. The lowest BCUT2D eigenvalue weighted by Crippen LogP contribution is -2.28. The Balaban J connectivity index is 3.04. The van der Waals surface area contributed by atoms with Crippen LogP contribution in [0.25, 0.3) is 0 Å². The number of nitrogens with one attached hydrogen (secondary N) is 1. The zero-order valence-electron chi connectivity index (χ0n) is 17.1. The van der Waals surface area contributed by atoms with Gasteiger partial charge < -0.3 is 11.1 Å². The first-order valence-corrected chi connectivity index (χ1v) is 11.3. The monoisotopic (exact) mass is 354 g/mol. The summed E-state index contributed by atoms with van der Waals surface area (Å²) in [7, 11) is 0. The van der Waals surface area contributed by atoms with Crippen LogP contribution in [0.4, 0.5) is 0 Å². The van der Waals surface area contributed by atoms with Gasteiger partial charge in [0.2, 0.25) is 5.91 Å². The highest BCUT2D eigenvalue weighted by molar-refractivity contribution is 5.75. The standard InChI is InChI=1S/C22H46N2O/c1-2-3-4-5-6-7-8-9-10-11-12-13-14-15-16-17-18-19-22(25)24-21-20-23/h2-21,23H2,1H3,(H,24,25). The van der Waals surface area contributed by atoms with E-state index < -0.39 is 0 Å². The lowest BCUT2D eigenvalue weighted by atomic mass is 10.0. The van der Waals surface area contributed by atoms with Crippen LogP contribution in [0.2, 0.25) is 0 Å². The van der Waals surface area contributed by atoms with E-state index in [0.717, 1.165) is 6.42 Å². The molecule has 3 nitrogen and oxygen atoms in total. The third kappa shape index (κ3) is 21.4. The maximum atomic E-state index is 11.4. The van der Waals surface area contributed by atoms with Crippen molar-refractivity contribution in [2.75, 3.05) is 13.1 Å². The molecule has 0 spiro atoms. The molecule has 3 N–H and O–H groups in total. The highest BCUT2D eigenvalue weighted by Gasteiger charge is 1.99. The van der Waals surface area contributed by atoms with Gasteiger partial charge in [-0.05, 0) is 6.42 Å². The van der Waals surface area contributed by atoms with Crippen molar-refractivity contribution in [3.8, 4) is 0 Å². The molecule has 0 saturated heterocycles. The molecule has 0 aromatic rings. The normalized spacial score (nSPS) is 11.0. The molecule has 150 valence electrons. The van der Waals surface area contributed by atoms with Gasteiger partial charge in [-0.3, -0.25) is 4.79 Å². The maximum absolute atomic E-state index is 11.4. The second kappa shape index (κ2) is 21.5. The van der Waals surface area contributed by atoms with Crippen LogP contribution in [0.15, 0.2) is 0 Å². The van der Waals surface area contributed by atoms with Crippen LogP contribution < -0.4 is 11.1 Å². The fraction of sp³-hybridized carbons (Fsp3) is 0.955. The average Bonchev–Trinajstić information content (AvgIpc) is 2.62. The number of nitrogens with two attached hydrogens (primary N) is 1. The topological polar surface area (TPSA) is 55.1 Å². The van der Waals surface area contributed by atoms with Crippen molar-refractivity contribution in [2.45, 2.75) is 122 Å². The fourth-order valence-electron chi connectivity index (χ4n) is 3.31. The van der Waals surface area contributed by atoms with Crippen LogP contribution >= 0.6 is 0 Å². The predicted octanol–water partition coefficient (Wildman–Crippen LogP) is 6.10. The van der Waals surface area contributed by atoms with Crippen molar-refractivity contribution in [1.29, 1.82) is 0 Å². The van der Waals surface area contributed by atoms with Gasteiger partial charge in [0.1, 0.15) is 0 Å². The number of unbranched alkanes of at least 4 members (excludes halogenated alkanes) is 16. The summed E-state index contributed by atoms with van der Waals surface area (Å²) in [5.74, 6) is 0.159. The van der Waals surface area contributed by atoms with Crippen LogP contribution in [-0.4, -0.2) is 19.0 Å². The first kappa shape index (κ1) is 24.4. The molecule has 0 aliphatic carbocycles. The summed E-state index contributed by atoms with van der Waals surface area (Å²) in [5, 5.41) is 2.82. The minimum atomic E-state index is 0.159. The molecule has 0 rings (SSSR count). The van der Waals surface area contributed by atoms with Gasteiger partial charge >= 0.3 is 0 Å². The van der Waals surface area contributed by atoms with Crippen LogP contribution in [-0.2, 0) is 4.79 Å². The highest BCUT2D eigenvalue weighted by atomic mass is 16.1. The van der Waals surface area contributed by atoms with E-state index in [9.17, 15) is 4.79 Å². The third-order valence-electron chi connectivity index (χ3n) is 4.97. The Bertz CT molecular complexity index is 269. The molecule has 0 heterocycles. The lowest BCUT2D eigenvalue weighted by molar-refractivity contribution is -0.121. The van der Waals surface area contributed by atoms with Gasteiger partial charge in [-0.1, -0.05) is 110 Å². The second-order valence-corrected chi connectivity index (χ2v) is 7.55. The van der Waals surface area contributed by atoms with Crippen molar-refractivity contribution in [2.24, 2.45) is 5.73 Å². The largest absolute Gasteiger partial charge is 0.355 e. The summed E-state index contributed by atoms with van der Waals surface area (Å²) in [6.45, 7) is 3.43. The van der Waals surface area contributed by atoms with Crippen LogP contribution in [0, 0.1) is 0 Å². The Kier molecular flexibility index (Phi) is 21.0. The number of amides is 1. The molecule has 0 bridgehead atoms. The number of rotatable bonds is 20. The van der Waals surface area contributed by atoms with Crippen LogP contribution in [0.3, 0.4) is 0 Å². The van der Waals surface area contributed by atoms with Gasteiger partial charge in [0.25, 0.3) is 0 Å². The van der Waals surface area contributed by atoms with Crippen LogP contribution in [0.1, 0.15) is 122 Å². The molecule has 3 heteroatoms. The van der Waals surface area contributed by atoms with E-state index in [0.29, 0.717) is 19.5 Å². The van der Waals surface area contributed by atoms with Gasteiger partial charge in [-0.2, -0.15) is 0 Å². The molecule has 25 heavy (non-hydrogen) atoms. The van der Waals surface area contributed by atoms with E-state index in [1.54, 1.807) is 0 Å². The minimum Gasteiger partial charge on any atom is -0.355 e. The van der Waals surface area contributed by atoms with E-state index in [-0.39, 0.29) is 5.91 Å². The van der Waals surface area contributed by atoms with Crippen molar-refractivity contribution in [1.82, 2.24) is 5.32 Å². The number of hydrogen-bond acceptors (Lipinski definition) is 2. The summed E-state index contributed by atoms with van der Waals surface area (Å²) in [5.41, 5.74) is 5.36. The highest BCUT2D eigenvalue weighted by Crippen LogP contribution is 2.14. The van der Waals surface area contributed by atoms with Gasteiger partial charge in [-0.25, -0.2) is 0 Å². The van der Waals surface area contributed by atoms with E-state index in [4.69, 9.17) is 5.73 Å². The Morgan fingerprint density at radius 2 is 1.00 bits per heavy atom. The summed E-state index contributed by atoms with van der Waals surface area (Å²) < 4.78 is 0. The Labute approximate surface area is 157 Å². The summed E-state index contributed by atoms with van der Waals surface area (Å²) in [6, 6.07) is 0. The molecule has 0 fully saturated rings. The van der Waals surface area contributed by atoms with Crippen molar-refractivity contribution < 1.29 is 4.79 Å². The average molecular weight is 355 g/mol. The first-order valence-electron chi connectivity index (χ1n) is 11.3. The second-order valence-electron chi connectivity index (χ2n) is 7.55. The SMILES string of the molecule is CCCCCCCCCCCCCCCCCCCC(=O)NCCN. The summed E-state index contributed by atoms with van der Waals surface area (Å²) >= 11 is 0. The van der Waals surface area contributed by atoms with Gasteiger partial charge in [0, 0.05) is 19.5 Å². The molecular weight excluding hydrogens is 308 g/mol. The quantitative estimate of drug-likeness (QED) is 0.259. The Hall–Kier alpha value is -0.570. The molecule has 0 atom stereocenters. The Morgan fingerprint density at radius 3 is 1.36 bits per heavy atom. The summed E-state index contributed by atoms with van der Waals surface area (Å²) in [6.07, 6.45) is 24.0. The molecule has 1 amide bonds. The van der Waals surface area contributed by atoms with E-state index in [1.807, 2.05) is 0 Å². The zero-order chi connectivity index (χ0) is 18.4. The van der Waals surface area contributed by atoms with E-state index in [2.05, 4.69) is 12.2 Å². The zero-order valence-corrected chi connectivity index (χ0v) is 17.1. The van der Waals surface area contributed by atoms with E-state index in [1.165, 1.54) is 103 Å². The fourth-order valence-corrected chi connectivity index (χ4v) is 3.31. The molecule has 0 aliphatic rings. The van der Waals surface area contributed by atoms with Crippen molar-refractivity contribution in [3.63, 3.8) is 0 Å². The maximum Gasteiger partial charge on any atom is 0.220 e. The van der Waals surface area contributed by atoms with Crippen LogP contribution in [0.5, 0.6) is 0 Å². The Morgan fingerprint density at radius 1 is 0.640 bits per heavy atom. The first-order chi connectivity index (χ1) is 12.3. The lowest BCUT2D eigenvalue weighted by Gasteiger charge is -2.04. The molecule has 0 unspecified atom stereocenters. The minimum absolute atomic E-state index is 0.159. The molecule has 0 aromatic heterocycles. The van der Waals surface area contributed by atoms with Crippen molar-refractivity contribution in [3.05, 3.63) is 0 Å². The molecule has 0 saturated carbocycles. The van der Waals surface area contributed by atoms with Gasteiger partial charge in [0.15, 0.2) is 0 Å². The van der Waals surface area contributed by atoms with E-state index >= 15 is 0 Å². The molecular formula is C22H46N2O. The smallest absolute Gasteiger partial charge is 0.220 e. The number of carbonyl (C=O) groups is 1. The van der Waals surface area contributed by atoms with Gasteiger partial charge in [0.05, 0.1) is 0 Å². The number of hydrogen-bond donors (Lipinski definition) is 2.